The first-order valence-corrected chi connectivity index (χ1v) is 5.67. The fraction of sp³-hybridized carbons (Fsp3) is 0.583. The number of hydrogen-bond donors (Lipinski definition) is 1. The number of aromatic nitrogens is 2. The maximum Gasteiger partial charge on any atom is 0.0609 e. The van der Waals surface area contributed by atoms with Crippen LogP contribution in [0.1, 0.15) is 32.9 Å². The Morgan fingerprint density at radius 2 is 2.33 bits per heavy atom. The van der Waals surface area contributed by atoms with Gasteiger partial charge in [0.2, 0.25) is 0 Å². The summed E-state index contributed by atoms with van der Waals surface area (Å²) in [5.74, 6) is 0. The van der Waals surface area contributed by atoms with Crippen molar-refractivity contribution in [2.24, 2.45) is 0 Å². The molecule has 0 aromatic carbocycles. The minimum absolute atomic E-state index is 0.952. The molecule has 3 nitrogen and oxygen atoms in total. The van der Waals surface area contributed by atoms with E-state index in [9.17, 15) is 0 Å². The van der Waals surface area contributed by atoms with E-state index < -0.39 is 0 Å². The predicted molar refractivity (Wildman–Crippen MR) is 64.7 cm³/mol. The average molecular weight is 207 g/mol. The monoisotopic (exact) mass is 207 g/mol. The highest BCUT2D eigenvalue weighted by molar-refractivity contribution is 5.48. The molecule has 0 amide bonds. The van der Waals surface area contributed by atoms with Gasteiger partial charge in [-0.1, -0.05) is 19.4 Å². The number of nitrogens with one attached hydrogen (secondary N) is 1. The smallest absolute Gasteiger partial charge is 0.0609 e. The van der Waals surface area contributed by atoms with Gasteiger partial charge < -0.3 is 5.32 Å². The van der Waals surface area contributed by atoms with Crippen molar-refractivity contribution in [3.63, 3.8) is 0 Å². The summed E-state index contributed by atoms with van der Waals surface area (Å²) in [6.45, 7) is 9.39. The first-order valence-electron chi connectivity index (χ1n) is 5.67. The van der Waals surface area contributed by atoms with E-state index in [4.69, 9.17) is 0 Å². The van der Waals surface area contributed by atoms with Crippen LogP contribution in [-0.4, -0.2) is 22.9 Å². The summed E-state index contributed by atoms with van der Waals surface area (Å²) >= 11 is 0. The van der Waals surface area contributed by atoms with Crippen LogP contribution in [-0.2, 0) is 6.54 Å². The van der Waals surface area contributed by atoms with Gasteiger partial charge in [0.05, 0.1) is 5.69 Å². The molecule has 0 aliphatic carbocycles. The van der Waals surface area contributed by atoms with E-state index in [-0.39, 0.29) is 0 Å². The molecule has 84 valence electrons. The minimum atomic E-state index is 0.952. The van der Waals surface area contributed by atoms with Crippen LogP contribution in [0.4, 0.5) is 0 Å². The quantitative estimate of drug-likeness (QED) is 0.775. The second kappa shape index (κ2) is 6.40. The zero-order chi connectivity index (χ0) is 11.1. The fourth-order valence-electron chi connectivity index (χ4n) is 1.49. The fourth-order valence-corrected chi connectivity index (χ4v) is 1.49. The van der Waals surface area contributed by atoms with E-state index in [0.717, 1.165) is 26.1 Å². The first-order chi connectivity index (χ1) is 7.27. The van der Waals surface area contributed by atoms with Crippen molar-refractivity contribution in [1.82, 2.24) is 15.1 Å². The summed E-state index contributed by atoms with van der Waals surface area (Å²) < 4.78 is 2.05. The van der Waals surface area contributed by atoms with Gasteiger partial charge in [-0.25, -0.2) is 0 Å². The van der Waals surface area contributed by atoms with Crippen molar-refractivity contribution in [2.45, 2.75) is 33.7 Å². The molecular formula is C12H21N3. The summed E-state index contributed by atoms with van der Waals surface area (Å²) in [7, 11) is 0. The molecule has 0 spiro atoms. The van der Waals surface area contributed by atoms with Crippen LogP contribution in [0.2, 0.25) is 0 Å². The molecule has 0 aliphatic heterocycles. The molecule has 0 aliphatic rings. The molecule has 1 aromatic rings. The van der Waals surface area contributed by atoms with E-state index in [0.29, 0.717) is 0 Å². The Morgan fingerprint density at radius 3 is 3.00 bits per heavy atom. The molecule has 15 heavy (non-hydrogen) atoms. The van der Waals surface area contributed by atoms with Crippen molar-refractivity contribution < 1.29 is 0 Å². The van der Waals surface area contributed by atoms with E-state index in [1.807, 2.05) is 6.20 Å². The Morgan fingerprint density at radius 1 is 1.53 bits per heavy atom. The lowest BCUT2D eigenvalue weighted by Gasteiger charge is -2.04. The second-order valence-electron chi connectivity index (χ2n) is 3.75. The summed E-state index contributed by atoms with van der Waals surface area (Å²) in [6, 6.07) is 2.06. The molecule has 0 bridgehead atoms. The van der Waals surface area contributed by atoms with Crippen molar-refractivity contribution in [3.05, 3.63) is 23.5 Å². The van der Waals surface area contributed by atoms with E-state index >= 15 is 0 Å². The highest BCUT2D eigenvalue weighted by Crippen LogP contribution is 2.06. The standard InChI is InChI=1S/C12H21N3/c1-4-8-15-12(6-7-14-15)9-11(3)10-13-5-2/h6-7,9,13H,4-5,8,10H2,1-3H3/b11-9-. The van der Waals surface area contributed by atoms with Crippen LogP contribution < -0.4 is 5.32 Å². The largest absolute Gasteiger partial charge is 0.313 e. The molecule has 0 unspecified atom stereocenters. The third-order valence-electron chi connectivity index (χ3n) is 2.23. The van der Waals surface area contributed by atoms with Gasteiger partial charge in [0.25, 0.3) is 0 Å². The molecule has 0 saturated heterocycles. The lowest BCUT2D eigenvalue weighted by atomic mass is 10.2. The van der Waals surface area contributed by atoms with Gasteiger partial charge in [0.1, 0.15) is 0 Å². The highest BCUT2D eigenvalue weighted by atomic mass is 15.3. The third-order valence-corrected chi connectivity index (χ3v) is 2.23. The maximum absolute atomic E-state index is 4.29. The highest BCUT2D eigenvalue weighted by Gasteiger charge is 1.98. The minimum Gasteiger partial charge on any atom is -0.313 e. The topological polar surface area (TPSA) is 29.9 Å². The van der Waals surface area contributed by atoms with Gasteiger partial charge in [0, 0.05) is 19.3 Å². The Hall–Kier alpha value is -1.09. The molecule has 1 heterocycles. The molecular weight excluding hydrogens is 186 g/mol. The van der Waals surface area contributed by atoms with Gasteiger partial charge in [0.15, 0.2) is 0 Å². The summed E-state index contributed by atoms with van der Waals surface area (Å²) in [5.41, 5.74) is 2.54. The Kier molecular flexibility index (Phi) is 5.12. The Bertz CT molecular complexity index is 312. The Labute approximate surface area is 92.2 Å². The number of aryl methyl sites for hydroxylation is 1. The normalized spacial score (nSPS) is 12.1. The molecule has 3 heteroatoms. The van der Waals surface area contributed by atoms with Crippen molar-refractivity contribution in [1.29, 1.82) is 0 Å². The summed E-state index contributed by atoms with van der Waals surface area (Å²) in [5, 5.41) is 7.60. The van der Waals surface area contributed by atoms with Gasteiger partial charge in [-0.3, -0.25) is 4.68 Å². The summed E-state index contributed by atoms with van der Waals surface area (Å²) in [4.78, 5) is 0. The summed E-state index contributed by atoms with van der Waals surface area (Å²) in [6.07, 6.45) is 5.18. The van der Waals surface area contributed by atoms with Crippen LogP contribution in [0.5, 0.6) is 0 Å². The van der Waals surface area contributed by atoms with Crippen LogP contribution in [0.3, 0.4) is 0 Å². The zero-order valence-electron chi connectivity index (χ0n) is 9.95. The van der Waals surface area contributed by atoms with Crippen molar-refractivity contribution in [3.8, 4) is 0 Å². The van der Waals surface area contributed by atoms with E-state index in [1.54, 1.807) is 0 Å². The number of nitrogens with zero attached hydrogens (tertiary/aromatic N) is 2. The SMILES string of the molecule is CCCn1nccc1/C=C(/C)CNCC. The first kappa shape index (κ1) is 12.0. The van der Waals surface area contributed by atoms with Crippen LogP contribution in [0, 0.1) is 0 Å². The van der Waals surface area contributed by atoms with Gasteiger partial charge in [-0.15, -0.1) is 0 Å². The molecule has 1 aromatic heterocycles. The lowest BCUT2D eigenvalue weighted by Crippen LogP contribution is -2.15. The van der Waals surface area contributed by atoms with E-state index in [2.05, 4.69) is 48.0 Å². The Balaban J connectivity index is 2.65. The van der Waals surface area contributed by atoms with Crippen LogP contribution in [0.15, 0.2) is 17.8 Å². The maximum atomic E-state index is 4.29. The zero-order valence-corrected chi connectivity index (χ0v) is 9.95. The molecule has 0 atom stereocenters. The lowest BCUT2D eigenvalue weighted by molar-refractivity contribution is 0.597. The third kappa shape index (κ3) is 3.88. The number of likely N-dealkylation sites (N-methyl/N-ethyl adjacent to an activating group) is 1. The molecule has 1 rings (SSSR count). The molecule has 1 N–H and O–H groups in total. The number of rotatable bonds is 6. The van der Waals surface area contributed by atoms with Crippen molar-refractivity contribution >= 4 is 6.08 Å². The van der Waals surface area contributed by atoms with Crippen molar-refractivity contribution in [2.75, 3.05) is 13.1 Å². The molecule has 0 fully saturated rings. The molecule has 0 radical (unpaired) electrons. The number of hydrogen-bond acceptors (Lipinski definition) is 2. The van der Waals surface area contributed by atoms with Crippen LogP contribution in [0.25, 0.3) is 6.08 Å². The second-order valence-corrected chi connectivity index (χ2v) is 3.75. The van der Waals surface area contributed by atoms with Gasteiger partial charge in [-0.05, 0) is 32.0 Å². The molecule has 0 saturated carbocycles. The average Bonchev–Trinajstić information content (AvgIpc) is 2.63. The van der Waals surface area contributed by atoms with Gasteiger partial charge >= 0.3 is 0 Å². The van der Waals surface area contributed by atoms with E-state index in [1.165, 1.54) is 11.3 Å². The van der Waals surface area contributed by atoms with Gasteiger partial charge in [-0.2, -0.15) is 5.10 Å². The van der Waals surface area contributed by atoms with Crippen LogP contribution >= 0.6 is 0 Å². The predicted octanol–water partition coefficient (Wildman–Crippen LogP) is 2.31.